The molecule has 3 N–H and O–H groups in total. The van der Waals surface area contributed by atoms with E-state index in [1.54, 1.807) is 12.5 Å². The minimum absolute atomic E-state index is 0.614. The smallest absolute Gasteiger partial charge is 0.144 e. The molecule has 96 valence electrons. The van der Waals surface area contributed by atoms with Gasteiger partial charge in [-0.25, -0.2) is 4.98 Å². The number of ether oxygens (including phenoxy) is 1. The molecule has 0 saturated carbocycles. The number of rotatable bonds is 6. The third kappa shape index (κ3) is 3.16. The van der Waals surface area contributed by atoms with Crippen molar-refractivity contribution in [2.45, 2.75) is 13.5 Å². The molecule has 5 heteroatoms. The SMILES string of the molecule is CCOc1cc(NCCn2ccnc2)ccc1N. The van der Waals surface area contributed by atoms with Crippen LogP contribution in [0, 0.1) is 0 Å². The summed E-state index contributed by atoms with van der Waals surface area (Å²) in [6, 6.07) is 5.73. The summed E-state index contributed by atoms with van der Waals surface area (Å²) in [5, 5.41) is 3.32. The lowest BCUT2D eigenvalue weighted by atomic mass is 10.2. The van der Waals surface area contributed by atoms with Gasteiger partial charge in [0.15, 0.2) is 0 Å². The number of hydrogen-bond acceptors (Lipinski definition) is 4. The summed E-state index contributed by atoms with van der Waals surface area (Å²) >= 11 is 0. The highest BCUT2D eigenvalue weighted by molar-refractivity contribution is 5.61. The fourth-order valence-corrected chi connectivity index (χ4v) is 1.67. The quantitative estimate of drug-likeness (QED) is 0.765. The molecule has 2 rings (SSSR count). The van der Waals surface area contributed by atoms with E-state index in [0.717, 1.165) is 24.5 Å². The van der Waals surface area contributed by atoms with Crippen LogP contribution in [0.25, 0.3) is 0 Å². The van der Waals surface area contributed by atoms with Gasteiger partial charge in [0.1, 0.15) is 5.75 Å². The van der Waals surface area contributed by atoms with Crippen LogP contribution < -0.4 is 15.8 Å². The summed E-state index contributed by atoms with van der Waals surface area (Å²) in [5.41, 5.74) is 7.49. The molecule has 0 spiro atoms. The van der Waals surface area contributed by atoms with E-state index in [9.17, 15) is 0 Å². The number of aromatic nitrogens is 2. The van der Waals surface area contributed by atoms with Gasteiger partial charge in [0.25, 0.3) is 0 Å². The lowest BCUT2D eigenvalue weighted by Crippen LogP contribution is -2.09. The molecule has 0 saturated heterocycles. The molecular weight excluding hydrogens is 228 g/mol. The highest BCUT2D eigenvalue weighted by atomic mass is 16.5. The maximum absolute atomic E-state index is 5.82. The van der Waals surface area contributed by atoms with Crippen LogP contribution in [0.5, 0.6) is 5.75 Å². The first-order valence-electron chi connectivity index (χ1n) is 6.01. The van der Waals surface area contributed by atoms with Gasteiger partial charge in [0.05, 0.1) is 18.6 Å². The number of nitrogens with zero attached hydrogens (tertiary/aromatic N) is 2. The van der Waals surface area contributed by atoms with Gasteiger partial charge in [-0.05, 0) is 19.1 Å². The van der Waals surface area contributed by atoms with E-state index in [-0.39, 0.29) is 0 Å². The molecule has 1 aromatic carbocycles. The highest BCUT2D eigenvalue weighted by Crippen LogP contribution is 2.25. The normalized spacial score (nSPS) is 10.3. The van der Waals surface area contributed by atoms with Gasteiger partial charge < -0.3 is 20.4 Å². The van der Waals surface area contributed by atoms with Gasteiger partial charge in [-0.2, -0.15) is 0 Å². The van der Waals surface area contributed by atoms with E-state index in [1.807, 2.05) is 35.9 Å². The number of hydrogen-bond donors (Lipinski definition) is 2. The number of imidazole rings is 1. The predicted molar refractivity (Wildman–Crippen MR) is 72.7 cm³/mol. The Labute approximate surface area is 107 Å². The molecule has 0 fully saturated rings. The summed E-state index contributed by atoms with van der Waals surface area (Å²) in [6.07, 6.45) is 5.52. The van der Waals surface area contributed by atoms with Crippen molar-refractivity contribution in [3.8, 4) is 5.75 Å². The minimum Gasteiger partial charge on any atom is -0.492 e. The van der Waals surface area contributed by atoms with Crippen molar-refractivity contribution < 1.29 is 4.74 Å². The summed E-state index contributed by atoms with van der Waals surface area (Å²) in [5.74, 6) is 0.727. The Kier molecular flexibility index (Phi) is 4.06. The van der Waals surface area contributed by atoms with Gasteiger partial charge in [-0.1, -0.05) is 0 Å². The zero-order chi connectivity index (χ0) is 12.8. The van der Waals surface area contributed by atoms with Crippen molar-refractivity contribution >= 4 is 11.4 Å². The van der Waals surface area contributed by atoms with Crippen molar-refractivity contribution in [1.82, 2.24) is 9.55 Å². The Bertz CT molecular complexity index is 482. The minimum atomic E-state index is 0.614. The van der Waals surface area contributed by atoms with E-state index in [2.05, 4.69) is 10.3 Å². The zero-order valence-electron chi connectivity index (χ0n) is 10.5. The highest BCUT2D eigenvalue weighted by Gasteiger charge is 2.01. The Morgan fingerprint density at radius 3 is 3.06 bits per heavy atom. The van der Waals surface area contributed by atoms with Crippen molar-refractivity contribution in [3.05, 3.63) is 36.9 Å². The molecule has 1 aromatic heterocycles. The number of nitrogens with two attached hydrogens (primary N) is 1. The molecule has 1 heterocycles. The largest absolute Gasteiger partial charge is 0.492 e. The van der Waals surface area contributed by atoms with Crippen LogP contribution in [0.4, 0.5) is 11.4 Å². The number of benzene rings is 1. The van der Waals surface area contributed by atoms with E-state index < -0.39 is 0 Å². The van der Waals surface area contributed by atoms with E-state index in [0.29, 0.717) is 12.3 Å². The molecule has 0 aliphatic carbocycles. The van der Waals surface area contributed by atoms with Crippen LogP contribution in [0.2, 0.25) is 0 Å². The van der Waals surface area contributed by atoms with E-state index in [1.165, 1.54) is 0 Å². The predicted octanol–water partition coefficient (Wildman–Crippen LogP) is 1.98. The van der Waals surface area contributed by atoms with Gasteiger partial charge in [-0.15, -0.1) is 0 Å². The van der Waals surface area contributed by atoms with Crippen LogP contribution >= 0.6 is 0 Å². The van der Waals surface area contributed by atoms with Crippen LogP contribution in [-0.4, -0.2) is 22.7 Å². The van der Waals surface area contributed by atoms with Gasteiger partial charge in [0.2, 0.25) is 0 Å². The first-order chi connectivity index (χ1) is 8.79. The molecule has 0 atom stereocenters. The second-order valence-corrected chi connectivity index (χ2v) is 3.91. The van der Waals surface area contributed by atoms with E-state index >= 15 is 0 Å². The molecule has 0 bridgehead atoms. The third-order valence-corrected chi connectivity index (χ3v) is 2.57. The first kappa shape index (κ1) is 12.3. The summed E-state index contributed by atoms with van der Waals surface area (Å²) in [4.78, 5) is 4.00. The van der Waals surface area contributed by atoms with E-state index in [4.69, 9.17) is 10.5 Å². The summed E-state index contributed by atoms with van der Waals surface area (Å²) in [7, 11) is 0. The van der Waals surface area contributed by atoms with Crippen molar-refractivity contribution in [2.75, 3.05) is 24.2 Å². The molecule has 0 aliphatic heterocycles. The lowest BCUT2D eigenvalue weighted by molar-refractivity contribution is 0.342. The number of anilines is 2. The Morgan fingerprint density at radius 2 is 2.33 bits per heavy atom. The molecule has 18 heavy (non-hydrogen) atoms. The van der Waals surface area contributed by atoms with Crippen molar-refractivity contribution in [3.63, 3.8) is 0 Å². The fourth-order valence-electron chi connectivity index (χ4n) is 1.67. The Balaban J connectivity index is 1.90. The van der Waals surface area contributed by atoms with Gasteiger partial charge in [-0.3, -0.25) is 0 Å². The molecule has 0 amide bonds. The first-order valence-corrected chi connectivity index (χ1v) is 6.01. The standard InChI is InChI=1S/C13H18N4O/c1-2-18-13-9-11(3-4-12(13)14)16-6-8-17-7-5-15-10-17/h3-5,7,9-10,16H,2,6,8,14H2,1H3. The monoisotopic (exact) mass is 246 g/mol. The zero-order valence-corrected chi connectivity index (χ0v) is 10.5. The average Bonchev–Trinajstić information content (AvgIpc) is 2.87. The second kappa shape index (κ2) is 5.95. The van der Waals surface area contributed by atoms with Crippen LogP contribution in [0.15, 0.2) is 36.9 Å². The van der Waals surface area contributed by atoms with Crippen LogP contribution in [0.3, 0.4) is 0 Å². The Hall–Kier alpha value is -2.17. The van der Waals surface area contributed by atoms with Gasteiger partial charge >= 0.3 is 0 Å². The van der Waals surface area contributed by atoms with Crippen LogP contribution in [-0.2, 0) is 6.54 Å². The number of nitrogens with one attached hydrogen (secondary N) is 1. The molecule has 0 aliphatic rings. The summed E-state index contributed by atoms with van der Waals surface area (Å²) < 4.78 is 7.47. The van der Waals surface area contributed by atoms with Crippen molar-refractivity contribution in [1.29, 1.82) is 0 Å². The van der Waals surface area contributed by atoms with Crippen LogP contribution in [0.1, 0.15) is 6.92 Å². The second-order valence-electron chi connectivity index (χ2n) is 3.91. The lowest BCUT2D eigenvalue weighted by Gasteiger charge is -2.11. The Morgan fingerprint density at radius 1 is 1.44 bits per heavy atom. The molecule has 5 nitrogen and oxygen atoms in total. The molecule has 0 radical (unpaired) electrons. The summed E-state index contributed by atoms with van der Waals surface area (Å²) in [6.45, 7) is 4.25. The molecular formula is C13H18N4O. The maximum Gasteiger partial charge on any atom is 0.144 e. The molecule has 2 aromatic rings. The fraction of sp³-hybridized carbons (Fsp3) is 0.308. The third-order valence-electron chi connectivity index (χ3n) is 2.57. The molecule has 0 unspecified atom stereocenters. The topological polar surface area (TPSA) is 65.1 Å². The van der Waals surface area contributed by atoms with Crippen molar-refractivity contribution in [2.24, 2.45) is 0 Å². The average molecular weight is 246 g/mol. The van der Waals surface area contributed by atoms with Gasteiger partial charge in [0, 0.05) is 37.2 Å². The maximum atomic E-state index is 5.82. The number of nitrogen functional groups attached to an aromatic ring is 1.